The van der Waals surface area contributed by atoms with Crippen LogP contribution in [0.5, 0.6) is 0 Å². The third-order valence-corrected chi connectivity index (χ3v) is 6.02. The van der Waals surface area contributed by atoms with Gasteiger partial charge in [-0.3, -0.25) is 14.4 Å². The number of nitrogens with one attached hydrogen (secondary N) is 1. The molecule has 1 heterocycles. The molecule has 1 saturated heterocycles. The Morgan fingerprint density at radius 1 is 0.906 bits per heavy atom. The molecule has 1 N–H and O–H groups in total. The van der Waals surface area contributed by atoms with E-state index in [1.165, 1.54) is 12.1 Å². The molecule has 0 aliphatic carbocycles. The summed E-state index contributed by atoms with van der Waals surface area (Å²) in [6, 6.07) is 9.57. The molecule has 1 unspecified atom stereocenters. The number of hydrogen-bond acceptors (Lipinski definition) is 3. The van der Waals surface area contributed by atoms with Crippen LogP contribution in [-0.2, 0) is 4.79 Å². The summed E-state index contributed by atoms with van der Waals surface area (Å²) < 4.78 is 13.3. The zero-order valence-corrected chi connectivity index (χ0v) is 19.3. The maximum atomic E-state index is 13.3. The standard InChI is InChI=1S/C23H24Cl2FN3O3/c1-14(2)20(27-21(30)16-5-3-4-6-18(16)24)23(32)29-11-9-28(10-12-29)22(31)17-8-7-15(26)13-19(17)25/h3-8,13-14,20H,9-12H2,1-2H3,(H,27,30). The Bertz CT molecular complexity index is 1020. The lowest BCUT2D eigenvalue weighted by molar-refractivity contribution is -0.135. The molecular weight excluding hydrogens is 456 g/mol. The van der Waals surface area contributed by atoms with Gasteiger partial charge in [0.05, 0.1) is 21.2 Å². The summed E-state index contributed by atoms with van der Waals surface area (Å²) in [5.74, 6) is -1.60. The van der Waals surface area contributed by atoms with Crippen LogP contribution in [-0.4, -0.2) is 59.7 Å². The summed E-state index contributed by atoms with van der Waals surface area (Å²) >= 11 is 12.1. The Hall–Kier alpha value is -2.64. The monoisotopic (exact) mass is 479 g/mol. The molecule has 0 aromatic heterocycles. The number of rotatable bonds is 5. The van der Waals surface area contributed by atoms with Crippen molar-refractivity contribution in [3.05, 3.63) is 69.5 Å². The quantitative estimate of drug-likeness (QED) is 0.707. The van der Waals surface area contributed by atoms with Crippen molar-refractivity contribution < 1.29 is 18.8 Å². The number of hydrogen-bond donors (Lipinski definition) is 1. The minimum Gasteiger partial charge on any atom is -0.340 e. The average Bonchev–Trinajstić information content (AvgIpc) is 2.76. The van der Waals surface area contributed by atoms with Crippen LogP contribution in [0.1, 0.15) is 34.6 Å². The Morgan fingerprint density at radius 3 is 2.12 bits per heavy atom. The normalized spacial score (nSPS) is 14.9. The van der Waals surface area contributed by atoms with Crippen molar-refractivity contribution in [1.29, 1.82) is 0 Å². The molecule has 0 saturated carbocycles. The van der Waals surface area contributed by atoms with Crippen LogP contribution in [0.15, 0.2) is 42.5 Å². The average molecular weight is 480 g/mol. The molecule has 170 valence electrons. The Kier molecular flexibility index (Phi) is 7.74. The maximum absolute atomic E-state index is 13.3. The number of nitrogens with zero attached hydrogens (tertiary/aromatic N) is 2. The molecule has 0 spiro atoms. The van der Waals surface area contributed by atoms with E-state index in [2.05, 4.69) is 5.32 Å². The summed E-state index contributed by atoms with van der Waals surface area (Å²) in [6.07, 6.45) is 0. The second-order valence-corrected chi connectivity index (χ2v) is 8.73. The number of carbonyl (C=O) groups excluding carboxylic acids is 3. The molecule has 3 amide bonds. The van der Waals surface area contributed by atoms with Gasteiger partial charge in [-0.25, -0.2) is 4.39 Å². The van der Waals surface area contributed by atoms with Gasteiger partial charge < -0.3 is 15.1 Å². The molecule has 2 aromatic rings. The number of benzene rings is 2. The van der Waals surface area contributed by atoms with Gasteiger partial charge in [0.2, 0.25) is 5.91 Å². The van der Waals surface area contributed by atoms with Gasteiger partial charge >= 0.3 is 0 Å². The lowest BCUT2D eigenvalue weighted by Gasteiger charge is -2.37. The van der Waals surface area contributed by atoms with E-state index in [0.29, 0.717) is 36.8 Å². The largest absolute Gasteiger partial charge is 0.340 e. The smallest absolute Gasteiger partial charge is 0.255 e. The van der Waals surface area contributed by atoms with Crippen molar-refractivity contribution in [2.24, 2.45) is 5.92 Å². The molecule has 1 fully saturated rings. The molecular formula is C23H24Cl2FN3O3. The van der Waals surface area contributed by atoms with Crippen LogP contribution in [0.2, 0.25) is 10.0 Å². The fourth-order valence-corrected chi connectivity index (χ4v) is 4.01. The first-order chi connectivity index (χ1) is 15.2. The highest BCUT2D eigenvalue weighted by atomic mass is 35.5. The topological polar surface area (TPSA) is 69.7 Å². The second kappa shape index (κ2) is 10.3. The minimum atomic E-state index is -0.729. The molecule has 3 rings (SSSR count). The Balaban J connectivity index is 1.64. The van der Waals surface area contributed by atoms with E-state index in [1.807, 2.05) is 13.8 Å². The zero-order chi connectivity index (χ0) is 23.4. The van der Waals surface area contributed by atoms with E-state index in [4.69, 9.17) is 23.2 Å². The van der Waals surface area contributed by atoms with E-state index >= 15 is 0 Å². The van der Waals surface area contributed by atoms with Crippen LogP contribution >= 0.6 is 23.2 Å². The molecule has 1 aliphatic heterocycles. The molecule has 0 bridgehead atoms. The predicted octanol–water partition coefficient (Wildman–Crippen LogP) is 3.87. The number of halogens is 3. The van der Waals surface area contributed by atoms with Gasteiger partial charge in [-0.1, -0.05) is 49.2 Å². The predicted molar refractivity (Wildman–Crippen MR) is 121 cm³/mol. The zero-order valence-electron chi connectivity index (χ0n) is 17.8. The summed E-state index contributed by atoms with van der Waals surface area (Å²) in [6.45, 7) is 4.95. The van der Waals surface area contributed by atoms with E-state index in [-0.39, 0.29) is 28.3 Å². The molecule has 0 radical (unpaired) electrons. The van der Waals surface area contributed by atoms with Gasteiger partial charge in [0.25, 0.3) is 11.8 Å². The lowest BCUT2D eigenvalue weighted by Crippen LogP contribution is -2.57. The highest BCUT2D eigenvalue weighted by Gasteiger charge is 2.32. The first-order valence-corrected chi connectivity index (χ1v) is 11.0. The Morgan fingerprint density at radius 2 is 1.53 bits per heavy atom. The van der Waals surface area contributed by atoms with Crippen LogP contribution in [0, 0.1) is 11.7 Å². The van der Waals surface area contributed by atoms with Crippen LogP contribution in [0.3, 0.4) is 0 Å². The van der Waals surface area contributed by atoms with Crippen molar-refractivity contribution >= 4 is 40.9 Å². The van der Waals surface area contributed by atoms with E-state index < -0.39 is 17.8 Å². The molecule has 1 aliphatic rings. The Labute approximate surface area is 196 Å². The summed E-state index contributed by atoms with van der Waals surface area (Å²) in [7, 11) is 0. The van der Waals surface area contributed by atoms with E-state index in [1.54, 1.807) is 34.1 Å². The van der Waals surface area contributed by atoms with Crippen molar-refractivity contribution in [3.8, 4) is 0 Å². The molecule has 2 aromatic carbocycles. The summed E-state index contributed by atoms with van der Waals surface area (Å²) in [5, 5.41) is 3.16. The van der Waals surface area contributed by atoms with Gasteiger partial charge in [-0.2, -0.15) is 0 Å². The summed E-state index contributed by atoms with van der Waals surface area (Å²) in [5.41, 5.74) is 0.527. The van der Waals surface area contributed by atoms with Gasteiger partial charge in [-0.15, -0.1) is 0 Å². The van der Waals surface area contributed by atoms with Gasteiger partial charge in [0.1, 0.15) is 11.9 Å². The third-order valence-electron chi connectivity index (χ3n) is 5.38. The third kappa shape index (κ3) is 5.40. The van der Waals surface area contributed by atoms with Gasteiger partial charge in [-0.05, 0) is 36.2 Å². The van der Waals surface area contributed by atoms with Crippen molar-refractivity contribution in [2.45, 2.75) is 19.9 Å². The van der Waals surface area contributed by atoms with Crippen LogP contribution < -0.4 is 5.32 Å². The van der Waals surface area contributed by atoms with Gasteiger partial charge in [0.15, 0.2) is 0 Å². The van der Waals surface area contributed by atoms with Crippen molar-refractivity contribution in [3.63, 3.8) is 0 Å². The minimum absolute atomic E-state index is 0.0515. The number of piperazine rings is 1. The van der Waals surface area contributed by atoms with Crippen LogP contribution in [0.4, 0.5) is 4.39 Å². The van der Waals surface area contributed by atoms with E-state index in [9.17, 15) is 18.8 Å². The highest BCUT2D eigenvalue weighted by Crippen LogP contribution is 2.21. The van der Waals surface area contributed by atoms with Crippen LogP contribution in [0.25, 0.3) is 0 Å². The first-order valence-electron chi connectivity index (χ1n) is 10.3. The maximum Gasteiger partial charge on any atom is 0.255 e. The second-order valence-electron chi connectivity index (χ2n) is 7.92. The van der Waals surface area contributed by atoms with Crippen molar-refractivity contribution in [2.75, 3.05) is 26.2 Å². The number of amides is 3. The molecule has 1 atom stereocenters. The number of carbonyl (C=O) groups is 3. The SMILES string of the molecule is CC(C)C(NC(=O)c1ccccc1Cl)C(=O)N1CCN(C(=O)c2ccc(F)cc2Cl)CC1. The fourth-order valence-electron chi connectivity index (χ4n) is 3.54. The fraction of sp³-hybridized carbons (Fsp3) is 0.348. The van der Waals surface area contributed by atoms with Crippen molar-refractivity contribution in [1.82, 2.24) is 15.1 Å². The molecule has 6 nitrogen and oxygen atoms in total. The molecule has 32 heavy (non-hydrogen) atoms. The van der Waals surface area contributed by atoms with E-state index in [0.717, 1.165) is 6.07 Å². The summed E-state index contributed by atoms with van der Waals surface area (Å²) in [4.78, 5) is 41.7. The highest BCUT2D eigenvalue weighted by molar-refractivity contribution is 6.34. The first kappa shape index (κ1) is 24.0. The molecule has 9 heteroatoms. The van der Waals surface area contributed by atoms with Gasteiger partial charge in [0, 0.05) is 26.2 Å². The lowest BCUT2D eigenvalue weighted by atomic mass is 10.0.